The first kappa shape index (κ1) is 30.0. The van der Waals surface area contributed by atoms with Crippen molar-refractivity contribution in [2.24, 2.45) is 5.10 Å². The summed E-state index contributed by atoms with van der Waals surface area (Å²) in [5.41, 5.74) is 4.12. The van der Waals surface area contributed by atoms with Crippen molar-refractivity contribution in [1.82, 2.24) is 5.43 Å². The molecule has 0 fully saturated rings. The predicted molar refractivity (Wildman–Crippen MR) is 161 cm³/mol. The molecule has 0 saturated carbocycles. The van der Waals surface area contributed by atoms with E-state index in [9.17, 15) is 14.4 Å². The van der Waals surface area contributed by atoms with E-state index in [1.165, 1.54) is 48.7 Å². The number of allylic oxidation sites excluding steroid dienone is 1. The van der Waals surface area contributed by atoms with Gasteiger partial charge in [0.2, 0.25) is 0 Å². The molecule has 0 atom stereocenters. The van der Waals surface area contributed by atoms with Crippen LogP contribution < -0.4 is 19.6 Å². The van der Waals surface area contributed by atoms with Crippen molar-refractivity contribution in [3.8, 4) is 17.2 Å². The Bertz CT molecular complexity index is 1620. The Morgan fingerprint density at radius 1 is 0.786 bits per heavy atom. The molecule has 0 aliphatic heterocycles. The fourth-order valence-electron chi connectivity index (χ4n) is 3.59. The summed E-state index contributed by atoms with van der Waals surface area (Å²) in [7, 11) is 0. The van der Waals surface area contributed by atoms with Crippen LogP contribution in [0.3, 0.4) is 0 Å². The summed E-state index contributed by atoms with van der Waals surface area (Å²) in [6.45, 7) is 3.45. The molecule has 0 heterocycles. The number of ether oxygens (including phenoxy) is 3. The number of amides is 1. The van der Waals surface area contributed by atoms with E-state index < -0.39 is 17.8 Å². The highest BCUT2D eigenvalue weighted by Gasteiger charge is 2.15. The summed E-state index contributed by atoms with van der Waals surface area (Å²) in [5.74, 6) is -1.11. The number of esters is 2. The Morgan fingerprint density at radius 3 is 2.05 bits per heavy atom. The van der Waals surface area contributed by atoms with Gasteiger partial charge in [0.05, 0.1) is 17.3 Å². The van der Waals surface area contributed by atoms with Crippen LogP contribution in [0.2, 0.25) is 10.0 Å². The van der Waals surface area contributed by atoms with Gasteiger partial charge in [0.1, 0.15) is 17.2 Å². The molecule has 0 radical (unpaired) electrons. The van der Waals surface area contributed by atoms with E-state index in [4.69, 9.17) is 37.4 Å². The van der Waals surface area contributed by atoms with Crippen LogP contribution in [0.15, 0.2) is 109 Å². The van der Waals surface area contributed by atoms with Crippen LogP contribution in [0.4, 0.5) is 0 Å². The van der Waals surface area contributed by atoms with E-state index >= 15 is 0 Å². The maximum absolute atomic E-state index is 12.8. The fraction of sp³-hybridized carbons (Fsp3) is 0.0625. The van der Waals surface area contributed by atoms with Gasteiger partial charge >= 0.3 is 11.9 Å². The van der Waals surface area contributed by atoms with Gasteiger partial charge in [-0.1, -0.05) is 47.5 Å². The summed E-state index contributed by atoms with van der Waals surface area (Å²) in [4.78, 5) is 37.8. The maximum Gasteiger partial charge on any atom is 0.343 e. The minimum absolute atomic E-state index is 0.0314. The van der Waals surface area contributed by atoms with Crippen LogP contribution in [0.1, 0.15) is 31.8 Å². The molecule has 0 aromatic heterocycles. The molecular weight excluding hydrogens is 579 g/mol. The average molecular weight is 603 g/mol. The predicted octanol–water partition coefficient (Wildman–Crippen LogP) is 6.69. The van der Waals surface area contributed by atoms with Gasteiger partial charge in [-0.05, 0) is 78.7 Å². The summed E-state index contributed by atoms with van der Waals surface area (Å²) < 4.78 is 16.7. The minimum atomic E-state index is -0.682. The molecule has 1 amide bonds. The van der Waals surface area contributed by atoms with E-state index in [1.807, 2.05) is 12.1 Å². The first-order valence-electron chi connectivity index (χ1n) is 12.6. The second kappa shape index (κ2) is 14.6. The molecule has 0 bridgehead atoms. The van der Waals surface area contributed by atoms with Gasteiger partial charge in [-0.15, -0.1) is 6.58 Å². The molecule has 10 heteroatoms. The van der Waals surface area contributed by atoms with Gasteiger partial charge in [0.15, 0.2) is 6.61 Å². The normalized spacial score (nSPS) is 10.6. The van der Waals surface area contributed by atoms with Crippen LogP contribution in [-0.4, -0.2) is 30.7 Å². The lowest BCUT2D eigenvalue weighted by Gasteiger charge is -2.11. The van der Waals surface area contributed by atoms with Crippen molar-refractivity contribution >= 4 is 47.3 Å². The second-order valence-electron chi connectivity index (χ2n) is 8.67. The van der Waals surface area contributed by atoms with Crippen molar-refractivity contribution < 1.29 is 28.6 Å². The third-order valence-electron chi connectivity index (χ3n) is 5.65. The number of hydrazone groups is 1. The number of hydrogen-bond acceptors (Lipinski definition) is 7. The lowest BCUT2D eigenvalue weighted by atomic mass is 10.1. The zero-order valence-corrected chi connectivity index (χ0v) is 23.6. The molecule has 0 saturated heterocycles. The third kappa shape index (κ3) is 8.54. The van der Waals surface area contributed by atoms with Gasteiger partial charge in [0.25, 0.3) is 5.91 Å². The Kier molecular flexibility index (Phi) is 10.5. The SMILES string of the molecule is C=CCc1ccccc1OCC(=O)N/N=C\c1ccc(OC(=O)c2ccc(Cl)cc2)cc1OC(=O)c1ccc(Cl)cc1. The number of para-hydroxylation sites is 1. The van der Waals surface area contributed by atoms with Crippen LogP contribution in [-0.2, 0) is 11.2 Å². The Labute approximate surface area is 252 Å². The maximum atomic E-state index is 12.8. The van der Waals surface area contributed by atoms with E-state index in [-0.39, 0.29) is 29.2 Å². The highest BCUT2D eigenvalue weighted by molar-refractivity contribution is 6.31. The van der Waals surface area contributed by atoms with Gasteiger partial charge in [-0.3, -0.25) is 4.79 Å². The van der Waals surface area contributed by atoms with Gasteiger partial charge in [-0.25, -0.2) is 15.0 Å². The van der Waals surface area contributed by atoms with E-state index in [1.54, 1.807) is 42.5 Å². The molecule has 42 heavy (non-hydrogen) atoms. The monoisotopic (exact) mass is 602 g/mol. The first-order chi connectivity index (χ1) is 20.3. The number of benzene rings is 4. The van der Waals surface area contributed by atoms with Gasteiger partial charge in [0, 0.05) is 21.7 Å². The topological polar surface area (TPSA) is 103 Å². The van der Waals surface area contributed by atoms with E-state index in [2.05, 4.69) is 17.1 Å². The number of hydrogen-bond donors (Lipinski definition) is 1. The Hall–Kier alpha value is -4.92. The van der Waals surface area contributed by atoms with Gasteiger partial charge in [-0.2, -0.15) is 5.10 Å². The summed E-state index contributed by atoms with van der Waals surface area (Å²) in [6, 6.07) is 24.0. The van der Waals surface area contributed by atoms with Crippen LogP contribution in [0.5, 0.6) is 17.2 Å². The lowest BCUT2D eigenvalue weighted by molar-refractivity contribution is -0.123. The standard InChI is InChI=1S/C32H24Cl2N2O6/c1-2-5-21-6-3-4-7-28(21)40-20-30(37)36-35-19-24-12-17-27(41-31(38)22-8-13-25(33)14-9-22)18-29(24)42-32(39)23-10-15-26(34)16-11-23/h2-4,6-19H,1,5,20H2,(H,36,37)/b35-19-. The highest BCUT2D eigenvalue weighted by Crippen LogP contribution is 2.26. The van der Waals surface area contributed by atoms with Crippen molar-refractivity contribution in [2.75, 3.05) is 6.61 Å². The molecule has 8 nitrogen and oxygen atoms in total. The smallest absolute Gasteiger partial charge is 0.343 e. The number of carbonyl (C=O) groups is 3. The summed E-state index contributed by atoms with van der Waals surface area (Å²) in [5, 5.41) is 4.89. The Morgan fingerprint density at radius 2 is 1.40 bits per heavy atom. The molecule has 4 rings (SSSR count). The molecule has 0 spiro atoms. The van der Waals surface area contributed by atoms with Crippen molar-refractivity contribution in [3.05, 3.63) is 136 Å². The molecule has 0 unspecified atom stereocenters. The van der Waals surface area contributed by atoms with Crippen LogP contribution >= 0.6 is 23.2 Å². The molecule has 212 valence electrons. The number of nitrogens with zero attached hydrogens (tertiary/aromatic N) is 1. The van der Waals surface area contributed by atoms with E-state index in [0.29, 0.717) is 27.8 Å². The molecular formula is C32H24Cl2N2O6. The van der Waals surface area contributed by atoms with Crippen LogP contribution in [0.25, 0.3) is 0 Å². The fourth-order valence-corrected chi connectivity index (χ4v) is 3.84. The minimum Gasteiger partial charge on any atom is -0.483 e. The number of nitrogens with one attached hydrogen (secondary N) is 1. The van der Waals surface area contributed by atoms with Crippen LogP contribution in [0, 0.1) is 0 Å². The number of rotatable bonds is 11. The average Bonchev–Trinajstić information content (AvgIpc) is 2.98. The quantitative estimate of drug-likeness (QED) is 0.0674. The third-order valence-corrected chi connectivity index (χ3v) is 6.15. The van der Waals surface area contributed by atoms with Crippen molar-refractivity contribution in [3.63, 3.8) is 0 Å². The molecule has 4 aromatic rings. The molecule has 0 aliphatic rings. The summed E-state index contributed by atoms with van der Waals surface area (Å²) >= 11 is 11.8. The van der Waals surface area contributed by atoms with Crippen molar-refractivity contribution in [2.45, 2.75) is 6.42 Å². The highest BCUT2D eigenvalue weighted by atomic mass is 35.5. The van der Waals surface area contributed by atoms with E-state index in [0.717, 1.165) is 5.56 Å². The van der Waals surface area contributed by atoms with Gasteiger partial charge < -0.3 is 14.2 Å². The summed E-state index contributed by atoms with van der Waals surface area (Å²) in [6.07, 6.45) is 3.63. The molecule has 1 N–H and O–H groups in total. The zero-order chi connectivity index (χ0) is 29.9. The second-order valence-corrected chi connectivity index (χ2v) is 9.55. The first-order valence-corrected chi connectivity index (χ1v) is 13.3. The molecule has 0 aliphatic carbocycles. The lowest BCUT2D eigenvalue weighted by Crippen LogP contribution is -2.24. The molecule has 4 aromatic carbocycles. The zero-order valence-electron chi connectivity index (χ0n) is 22.1. The number of carbonyl (C=O) groups excluding carboxylic acids is 3. The number of halogens is 2. The Balaban J connectivity index is 1.48. The van der Waals surface area contributed by atoms with Crippen molar-refractivity contribution in [1.29, 1.82) is 0 Å². The largest absolute Gasteiger partial charge is 0.483 e.